The molecule has 2 heteroatoms. The van der Waals surface area contributed by atoms with Crippen molar-refractivity contribution in [2.45, 2.75) is 13.8 Å². The van der Waals surface area contributed by atoms with E-state index in [1.165, 1.54) is 5.70 Å². The summed E-state index contributed by atoms with van der Waals surface area (Å²) in [7, 11) is 4.03. The van der Waals surface area contributed by atoms with Crippen LogP contribution in [0.25, 0.3) is 0 Å². The quantitative estimate of drug-likeness (QED) is 0.638. The van der Waals surface area contributed by atoms with Gasteiger partial charge in [0.05, 0.1) is 0 Å². The molecule has 0 spiro atoms. The summed E-state index contributed by atoms with van der Waals surface area (Å²) in [5.74, 6) is 0.584. The van der Waals surface area contributed by atoms with Crippen LogP contribution in [-0.4, -0.2) is 25.5 Å². The fourth-order valence-electron chi connectivity index (χ4n) is 0.784. The van der Waals surface area contributed by atoms with Gasteiger partial charge in [0, 0.05) is 26.3 Å². The molecule has 0 fully saturated rings. The van der Waals surface area contributed by atoms with Crippen molar-refractivity contribution in [3.8, 4) is 0 Å². The molecule has 0 amide bonds. The van der Waals surface area contributed by atoms with Gasteiger partial charge in [0.15, 0.2) is 0 Å². The predicted molar refractivity (Wildman–Crippen MR) is 45.7 cm³/mol. The van der Waals surface area contributed by atoms with Crippen LogP contribution in [-0.2, 0) is 0 Å². The van der Waals surface area contributed by atoms with Gasteiger partial charge in [-0.15, -0.1) is 0 Å². The highest BCUT2D eigenvalue weighted by Crippen LogP contribution is 2.02. The molecule has 0 radical (unpaired) electrons. The zero-order valence-corrected chi connectivity index (χ0v) is 7.39. The average Bonchev–Trinajstić information content (AvgIpc) is 1.81. The van der Waals surface area contributed by atoms with E-state index in [-0.39, 0.29) is 0 Å². The second kappa shape index (κ2) is 4.34. The van der Waals surface area contributed by atoms with Crippen LogP contribution in [0.3, 0.4) is 0 Å². The van der Waals surface area contributed by atoms with E-state index >= 15 is 0 Å². The Hall–Kier alpha value is -0.500. The maximum Gasteiger partial charge on any atom is 0.0327 e. The summed E-state index contributed by atoms with van der Waals surface area (Å²) in [6.07, 6.45) is 2.18. The molecule has 0 atom stereocenters. The second-order valence-electron chi connectivity index (χ2n) is 3.00. The summed E-state index contributed by atoms with van der Waals surface area (Å²) in [4.78, 5) is 2.06. The van der Waals surface area contributed by atoms with Gasteiger partial charge >= 0.3 is 0 Å². The van der Waals surface area contributed by atoms with E-state index in [0.29, 0.717) is 12.5 Å². The number of rotatable bonds is 3. The number of hydrogen-bond acceptors (Lipinski definition) is 2. The normalized spacial score (nSPS) is 12.4. The zero-order chi connectivity index (χ0) is 8.15. The van der Waals surface area contributed by atoms with E-state index < -0.39 is 0 Å². The Morgan fingerprint density at radius 3 is 2.10 bits per heavy atom. The number of hydrogen-bond donors (Lipinski definition) is 1. The van der Waals surface area contributed by atoms with Crippen LogP contribution >= 0.6 is 0 Å². The minimum Gasteiger partial charge on any atom is -0.380 e. The third-order valence-corrected chi connectivity index (χ3v) is 1.31. The molecule has 0 aliphatic carbocycles. The molecular formula is C8H18N2. The minimum absolute atomic E-state index is 0.584. The standard InChI is InChI=1S/C8H18N2/c1-7(2)5-8(6-9)10(3)4/h5,7H,6,9H2,1-4H3/b8-5-. The van der Waals surface area contributed by atoms with Gasteiger partial charge in [-0.1, -0.05) is 19.9 Å². The van der Waals surface area contributed by atoms with Crippen molar-refractivity contribution in [3.05, 3.63) is 11.8 Å². The first-order chi connectivity index (χ1) is 4.57. The van der Waals surface area contributed by atoms with Gasteiger partial charge in [-0.05, 0) is 5.92 Å². The molecule has 0 aromatic carbocycles. The van der Waals surface area contributed by atoms with Crippen molar-refractivity contribution >= 4 is 0 Å². The first-order valence-corrected chi connectivity index (χ1v) is 3.66. The van der Waals surface area contributed by atoms with Gasteiger partial charge in [-0.3, -0.25) is 0 Å². The molecule has 0 unspecified atom stereocenters. The van der Waals surface area contributed by atoms with E-state index in [0.717, 1.165) is 0 Å². The predicted octanol–water partition coefficient (Wildman–Crippen LogP) is 1.05. The van der Waals surface area contributed by atoms with Gasteiger partial charge in [0.1, 0.15) is 0 Å². The Kier molecular flexibility index (Phi) is 4.12. The van der Waals surface area contributed by atoms with Crippen LogP contribution in [0.2, 0.25) is 0 Å². The fourth-order valence-corrected chi connectivity index (χ4v) is 0.784. The Balaban J connectivity index is 4.04. The molecule has 0 rings (SSSR count). The van der Waals surface area contributed by atoms with Crippen molar-refractivity contribution in [2.75, 3.05) is 20.6 Å². The van der Waals surface area contributed by atoms with Crippen molar-refractivity contribution in [2.24, 2.45) is 11.7 Å². The molecule has 0 aromatic rings. The van der Waals surface area contributed by atoms with Gasteiger partial charge in [-0.25, -0.2) is 0 Å². The van der Waals surface area contributed by atoms with E-state index in [1.807, 2.05) is 14.1 Å². The topological polar surface area (TPSA) is 29.3 Å². The van der Waals surface area contributed by atoms with Crippen LogP contribution in [0.1, 0.15) is 13.8 Å². The van der Waals surface area contributed by atoms with E-state index in [2.05, 4.69) is 24.8 Å². The summed E-state index contributed by atoms with van der Waals surface area (Å²) in [5.41, 5.74) is 6.72. The molecule has 2 N–H and O–H groups in total. The summed E-state index contributed by atoms with van der Waals surface area (Å²) >= 11 is 0. The van der Waals surface area contributed by atoms with Crippen LogP contribution in [0.15, 0.2) is 11.8 Å². The Morgan fingerprint density at radius 2 is 2.00 bits per heavy atom. The van der Waals surface area contributed by atoms with Crippen LogP contribution < -0.4 is 5.73 Å². The second-order valence-corrected chi connectivity index (χ2v) is 3.00. The number of allylic oxidation sites excluding steroid dienone is 1. The van der Waals surface area contributed by atoms with E-state index in [1.54, 1.807) is 0 Å². The molecule has 0 aliphatic heterocycles. The largest absolute Gasteiger partial charge is 0.380 e. The highest BCUT2D eigenvalue weighted by molar-refractivity contribution is 5.02. The lowest BCUT2D eigenvalue weighted by atomic mass is 10.2. The molecule has 0 bridgehead atoms. The SMILES string of the molecule is CC(C)/C=C(/CN)N(C)C. The lowest BCUT2D eigenvalue weighted by Gasteiger charge is -2.16. The Morgan fingerprint density at radius 1 is 1.50 bits per heavy atom. The molecule has 2 nitrogen and oxygen atoms in total. The highest BCUT2D eigenvalue weighted by atomic mass is 15.1. The van der Waals surface area contributed by atoms with Crippen molar-refractivity contribution in [1.82, 2.24) is 4.90 Å². The fraction of sp³-hybridized carbons (Fsp3) is 0.750. The van der Waals surface area contributed by atoms with Crippen molar-refractivity contribution in [3.63, 3.8) is 0 Å². The maximum absolute atomic E-state index is 5.51. The molecule has 60 valence electrons. The third kappa shape index (κ3) is 3.51. The summed E-state index contributed by atoms with van der Waals surface area (Å²) in [5, 5.41) is 0. The van der Waals surface area contributed by atoms with Gasteiger partial charge in [0.25, 0.3) is 0 Å². The van der Waals surface area contributed by atoms with E-state index in [9.17, 15) is 0 Å². The smallest absolute Gasteiger partial charge is 0.0327 e. The highest BCUT2D eigenvalue weighted by Gasteiger charge is 1.96. The van der Waals surface area contributed by atoms with Crippen molar-refractivity contribution in [1.29, 1.82) is 0 Å². The monoisotopic (exact) mass is 142 g/mol. The lowest BCUT2D eigenvalue weighted by Crippen LogP contribution is -2.19. The molecule has 0 aliphatic rings. The third-order valence-electron chi connectivity index (χ3n) is 1.31. The molecule has 0 aromatic heterocycles. The maximum atomic E-state index is 5.51. The van der Waals surface area contributed by atoms with Gasteiger partial charge in [0.2, 0.25) is 0 Å². The first-order valence-electron chi connectivity index (χ1n) is 3.66. The van der Waals surface area contributed by atoms with Crippen LogP contribution in [0.5, 0.6) is 0 Å². The number of likely N-dealkylation sites (N-methyl/N-ethyl adjacent to an activating group) is 1. The van der Waals surface area contributed by atoms with Gasteiger partial charge in [-0.2, -0.15) is 0 Å². The van der Waals surface area contributed by atoms with Crippen molar-refractivity contribution < 1.29 is 0 Å². The van der Waals surface area contributed by atoms with Gasteiger partial charge < -0.3 is 10.6 Å². The number of nitrogens with zero attached hydrogens (tertiary/aromatic N) is 1. The van der Waals surface area contributed by atoms with Crippen LogP contribution in [0, 0.1) is 5.92 Å². The Labute approximate surface area is 63.7 Å². The van der Waals surface area contributed by atoms with E-state index in [4.69, 9.17) is 5.73 Å². The zero-order valence-electron chi connectivity index (χ0n) is 7.39. The summed E-state index contributed by atoms with van der Waals surface area (Å²) in [6, 6.07) is 0. The molecule has 0 saturated carbocycles. The minimum atomic E-state index is 0.584. The molecule has 0 saturated heterocycles. The Bertz CT molecular complexity index is 114. The summed E-state index contributed by atoms with van der Waals surface area (Å²) in [6.45, 7) is 4.93. The lowest BCUT2D eigenvalue weighted by molar-refractivity contribution is 0.495. The molecule has 0 heterocycles. The van der Waals surface area contributed by atoms with Crippen LogP contribution in [0.4, 0.5) is 0 Å². The average molecular weight is 142 g/mol. The molecule has 10 heavy (non-hydrogen) atoms. The number of nitrogens with two attached hydrogens (primary N) is 1. The molecular weight excluding hydrogens is 124 g/mol. The first kappa shape index (κ1) is 9.50. The summed E-state index contributed by atoms with van der Waals surface area (Å²) < 4.78 is 0.